The van der Waals surface area contributed by atoms with Crippen molar-refractivity contribution in [3.63, 3.8) is 0 Å². The van der Waals surface area contributed by atoms with Gasteiger partial charge in [0.2, 0.25) is 0 Å². The molecular weight excluding hydrogens is 238 g/mol. The minimum Gasteiger partial charge on any atom is -0.476 e. The van der Waals surface area contributed by atoms with Gasteiger partial charge in [-0.05, 0) is 35.6 Å². The van der Waals surface area contributed by atoms with Gasteiger partial charge in [0.15, 0.2) is 5.69 Å². The number of aromatic carboxylic acids is 1. The Hall–Kier alpha value is -2.16. The molecule has 0 aliphatic carbocycles. The summed E-state index contributed by atoms with van der Waals surface area (Å²) >= 11 is 0. The fraction of sp³-hybridized carbons (Fsp3) is 0.250. The highest BCUT2D eigenvalue weighted by Crippen LogP contribution is 2.25. The van der Waals surface area contributed by atoms with Crippen LogP contribution in [0, 0.1) is 0 Å². The summed E-state index contributed by atoms with van der Waals surface area (Å²) in [6.45, 7) is 4.24. The van der Waals surface area contributed by atoms with E-state index < -0.39 is 5.97 Å². The number of rotatable bonds is 4. The van der Waals surface area contributed by atoms with Gasteiger partial charge < -0.3 is 5.11 Å². The summed E-state index contributed by atoms with van der Waals surface area (Å²) in [5.41, 5.74) is 4.27. The quantitative estimate of drug-likeness (QED) is 0.908. The van der Waals surface area contributed by atoms with E-state index in [0.29, 0.717) is 5.56 Å². The molecule has 0 unspecified atom stereocenters. The molecule has 19 heavy (non-hydrogen) atoms. The van der Waals surface area contributed by atoms with E-state index >= 15 is 0 Å². The Balaban J connectivity index is 2.56. The van der Waals surface area contributed by atoms with Crippen LogP contribution in [0.5, 0.6) is 0 Å². The number of aryl methyl sites for hydroxylation is 2. The lowest BCUT2D eigenvalue weighted by Crippen LogP contribution is -2.03. The molecule has 1 N–H and O–H groups in total. The molecule has 0 radical (unpaired) electrons. The van der Waals surface area contributed by atoms with Crippen molar-refractivity contribution in [3.8, 4) is 11.1 Å². The molecule has 0 aliphatic heterocycles. The maximum Gasteiger partial charge on any atom is 0.355 e. The number of aromatic nitrogens is 1. The molecule has 0 amide bonds. The van der Waals surface area contributed by atoms with Crippen molar-refractivity contribution in [2.75, 3.05) is 0 Å². The second kappa shape index (κ2) is 5.65. The molecule has 0 atom stereocenters. The van der Waals surface area contributed by atoms with Crippen LogP contribution in [0.2, 0.25) is 0 Å². The zero-order valence-corrected chi connectivity index (χ0v) is 11.2. The molecule has 1 aromatic heterocycles. The third-order valence-electron chi connectivity index (χ3n) is 3.29. The van der Waals surface area contributed by atoms with Crippen molar-refractivity contribution in [1.82, 2.24) is 4.98 Å². The number of carboxylic acid groups (broad SMARTS) is 1. The second-order valence-corrected chi connectivity index (χ2v) is 4.40. The molecule has 0 saturated carbocycles. The summed E-state index contributed by atoms with van der Waals surface area (Å²) in [4.78, 5) is 15.2. The van der Waals surface area contributed by atoms with Gasteiger partial charge in [-0.25, -0.2) is 9.78 Å². The number of carbonyl (C=O) groups is 1. The Morgan fingerprint density at radius 1 is 1.16 bits per heavy atom. The Labute approximate surface area is 112 Å². The predicted octanol–water partition coefficient (Wildman–Crippen LogP) is 3.57. The number of pyridine rings is 1. The van der Waals surface area contributed by atoms with Crippen LogP contribution in [0.3, 0.4) is 0 Å². The zero-order valence-electron chi connectivity index (χ0n) is 11.2. The zero-order chi connectivity index (χ0) is 13.8. The van der Waals surface area contributed by atoms with Crippen molar-refractivity contribution in [3.05, 3.63) is 53.3 Å². The van der Waals surface area contributed by atoms with E-state index in [4.69, 9.17) is 0 Å². The summed E-state index contributed by atoms with van der Waals surface area (Å²) in [7, 11) is 0. The summed E-state index contributed by atoms with van der Waals surface area (Å²) < 4.78 is 0. The van der Waals surface area contributed by atoms with Gasteiger partial charge in [0.1, 0.15) is 0 Å². The molecule has 2 rings (SSSR count). The van der Waals surface area contributed by atoms with Crippen LogP contribution in [0.4, 0.5) is 0 Å². The molecule has 0 aliphatic rings. The van der Waals surface area contributed by atoms with Gasteiger partial charge in [-0.2, -0.15) is 0 Å². The van der Waals surface area contributed by atoms with Crippen molar-refractivity contribution >= 4 is 5.97 Å². The summed E-state index contributed by atoms with van der Waals surface area (Å²) in [5, 5.41) is 9.19. The van der Waals surface area contributed by atoms with E-state index in [1.807, 2.05) is 6.07 Å². The highest BCUT2D eigenvalue weighted by Gasteiger charge is 2.13. The summed E-state index contributed by atoms with van der Waals surface area (Å²) in [6.07, 6.45) is 3.44. The van der Waals surface area contributed by atoms with Crippen LogP contribution in [-0.4, -0.2) is 16.1 Å². The molecule has 0 saturated heterocycles. The molecule has 1 aromatic carbocycles. The van der Waals surface area contributed by atoms with Gasteiger partial charge in [0, 0.05) is 11.8 Å². The first-order valence-corrected chi connectivity index (χ1v) is 6.47. The maximum absolute atomic E-state index is 11.2. The van der Waals surface area contributed by atoms with Gasteiger partial charge in [0.05, 0.1) is 0 Å². The van der Waals surface area contributed by atoms with Crippen LogP contribution in [-0.2, 0) is 12.8 Å². The van der Waals surface area contributed by atoms with E-state index in [1.165, 1.54) is 17.3 Å². The molecular formula is C16H17NO2. The minimum atomic E-state index is -0.992. The molecule has 0 spiro atoms. The van der Waals surface area contributed by atoms with Crippen LogP contribution in [0.1, 0.15) is 35.5 Å². The number of hydrogen-bond donors (Lipinski definition) is 1. The average molecular weight is 255 g/mol. The van der Waals surface area contributed by atoms with Crippen LogP contribution in [0.15, 0.2) is 36.5 Å². The van der Waals surface area contributed by atoms with Crippen molar-refractivity contribution < 1.29 is 9.90 Å². The Morgan fingerprint density at radius 2 is 1.89 bits per heavy atom. The number of carboxylic acids is 1. The third kappa shape index (κ3) is 2.65. The fourth-order valence-corrected chi connectivity index (χ4v) is 2.28. The standard InChI is InChI=1S/C16H17NO2/c1-3-11-7-8-13(10-12(11)4-2)14-6-5-9-17-15(14)16(18)19/h5-10H,3-4H2,1-2H3,(H,18,19). The van der Waals surface area contributed by atoms with Gasteiger partial charge in [-0.3, -0.25) is 0 Å². The number of nitrogens with zero attached hydrogens (tertiary/aromatic N) is 1. The topological polar surface area (TPSA) is 50.2 Å². The lowest BCUT2D eigenvalue weighted by Gasteiger charge is -2.10. The first kappa shape index (κ1) is 13.3. The fourth-order valence-electron chi connectivity index (χ4n) is 2.28. The normalized spacial score (nSPS) is 10.4. The van der Waals surface area contributed by atoms with Crippen molar-refractivity contribution in [1.29, 1.82) is 0 Å². The lowest BCUT2D eigenvalue weighted by molar-refractivity contribution is 0.0691. The van der Waals surface area contributed by atoms with E-state index in [0.717, 1.165) is 18.4 Å². The molecule has 3 heteroatoms. The summed E-state index contributed by atoms with van der Waals surface area (Å²) in [5.74, 6) is -0.992. The van der Waals surface area contributed by atoms with Gasteiger partial charge in [-0.15, -0.1) is 0 Å². The monoisotopic (exact) mass is 255 g/mol. The SMILES string of the molecule is CCc1ccc(-c2cccnc2C(=O)O)cc1CC. The molecule has 2 aromatic rings. The Bertz CT molecular complexity index is 605. The van der Waals surface area contributed by atoms with Gasteiger partial charge >= 0.3 is 5.97 Å². The largest absolute Gasteiger partial charge is 0.476 e. The maximum atomic E-state index is 11.2. The van der Waals surface area contributed by atoms with E-state index in [2.05, 4.69) is 31.0 Å². The lowest BCUT2D eigenvalue weighted by atomic mass is 9.96. The van der Waals surface area contributed by atoms with Crippen molar-refractivity contribution in [2.45, 2.75) is 26.7 Å². The predicted molar refractivity (Wildman–Crippen MR) is 75.4 cm³/mol. The highest BCUT2D eigenvalue weighted by molar-refractivity contribution is 5.93. The molecule has 0 bridgehead atoms. The molecule has 0 fully saturated rings. The highest BCUT2D eigenvalue weighted by atomic mass is 16.4. The van der Waals surface area contributed by atoms with E-state index in [1.54, 1.807) is 12.1 Å². The van der Waals surface area contributed by atoms with Gasteiger partial charge in [0.25, 0.3) is 0 Å². The van der Waals surface area contributed by atoms with Crippen LogP contribution in [0.25, 0.3) is 11.1 Å². The first-order chi connectivity index (χ1) is 9.17. The Kier molecular flexibility index (Phi) is 3.95. The van der Waals surface area contributed by atoms with Crippen LogP contribution < -0.4 is 0 Å². The minimum absolute atomic E-state index is 0.105. The average Bonchev–Trinajstić information content (AvgIpc) is 2.46. The van der Waals surface area contributed by atoms with E-state index in [9.17, 15) is 9.90 Å². The van der Waals surface area contributed by atoms with E-state index in [-0.39, 0.29) is 5.69 Å². The second-order valence-electron chi connectivity index (χ2n) is 4.40. The molecule has 98 valence electrons. The third-order valence-corrected chi connectivity index (χ3v) is 3.29. The van der Waals surface area contributed by atoms with Crippen molar-refractivity contribution in [2.24, 2.45) is 0 Å². The van der Waals surface area contributed by atoms with Gasteiger partial charge in [-0.1, -0.05) is 38.1 Å². The van der Waals surface area contributed by atoms with Crippen LogP contribution >= 0.6 is 0 Å². The first-order valence-electron chi connectivity index (χ1n) is 6.47. The number of benzene rings is 1. The summed E-state index contributed by atoms with van der Waals surface area (Å²) in [6, 6.07) is 9.69. The molecule has 1 heterocycles. The smallest absolute Gasteiger partial charge is 0.355 e. The molecule has 3 nitrogen and oxygen atoms in total. The Morgan fingerprint density at radius 3 is 2.53 bits per heavy atom. The number of hydrogen-bond acceptors (Lipinski definition) is 2.